The van der Waals surface area contributed by atoms with Gasteiger partial charge >= 0.3 is 0 Å². The van der Waals surface area contributed by atoms with Crippen molar-refractivity contribution in [2.75, 3.05) is 19.7 Å². The van der Waals surface area contributed by atoms with Crippen molar-refractivity contribution < 1.29 is 14.3 Å². The molecule has 6 nitrogen and oxygen atoms in total. The Labute approximate surface area is 188 Å². The molecule has 3 aromatic rings. The maximum Gasteiger partial charge on any atom is 0.254 e. The normalized spacial score (nSPS) is 18.2. The molecule has 164 valence electrons. The predicted molar refractivity (Wildman–Crippen MR) is 122 cm³/mol. The molecule has 0 saturated carbocycles. The van der Waals surface area contributed by atoms with Gasteiger partial charge in [0.2, 0.25) is 5.91 Å². The third-order valence-electron chi connectivity index (χ3n) is 5.64. The van der Waals surface area contributed by atoms with Crippen LogP contribution in [0.4, 0.5) is 0 Å². The average Bonchev–Trinajstić information content (AvgIpc) is 2.84. The van der Waals surface area contributed by atoms with Crippen molar-refractivity contribution in [3.05, 3.63) is 102 Å². The van der Waals surface area contributed by atoms with Crippen LogP contribution >= 0.6 is 0 Å². The Bertz CT molecular complexity index is 1030. The van der Waals surface area contributed by atoms with E-state index in [9.17, 15) is 9.59 Å². The molecular weight excluding hydrogens is 402 g/mol. The summed E-state index contributed by atoms with van der Waals surface area (Å²) < 4.78 is 6.10. The number of nitrogens with one attached hydrogen (secondary N) is 1. The van der Waals surface area contributed by atoms with Crippen molar-refractivity contribution in [2.45, 2.75) is 25.0 Å². The number of carbonyl (C=O) groups excluding carboxylic acids is 2. The van der Waals surface area contributed by atoms with E-state index in [-0.39, 0.29) is 18.4 Å². The van der Waals surface area contributed by atoms with E-state index in [0.717, 1.165) is 16.8 Å². The second-order valence-electron chi connectivity index (χ2n) is 7.99. The van der Waals surface area contributed by atoms with Crippen LogP contribution in [-0.2, 0) is 33.7 Å². The van der Waals surface area contributed by atoms with E-state index in [1.165, 1.54) is 0 Å². The van der Waals surface area contributed by atoms with E-state index >= 15 is 0 Å². The first kappa shape index (κ1) is 21.7. The van der Waals surface area contributed by atoms with Gasteiger partial charge in [0.05, 0.1) is 19.6 Å². The Hall–Kier alpha value is -3.51. The molecule has 2 heterocycles. The Morgan fingerprint density at radius 1 is 0.938 bits per heavy atom. The van der Waals surface area contributed by atoms with Gasteiger partial charge < -0.3 is 15.0 Å². The molecule has 32 heavy (non-hydrogen) atoms. The van der Waals surface area contributed by atoms with E-state index in [2.05, 4.69) is 10.3 Å². The summed E-state index contributed by atoms with van der Waals surface area (Å²) in [4.78, 5) is 32.6. The summed E-state index contributed by atoms with van der Waals surface area (Å²) in [5, 5.41) is 3.01. The summed E-state index contributed by atoms with van der Waals surface area (Å²) in [6.07, 6.45) is 2.29. The van der Waals surface area contributed by atoms with Crippen LogP contribution in [0.25, 0.3) is 0 Å². The summed E-state index contributed by atoms with van der Waals surface area (Å²) in [6.45, 7) is 1.34. The van der Waals surface area contributed by atoms with Gasteiger partial charge in [-0.2, -0.15) is 0 Å². The van der Waals surface area contributed by atoms with Gasteiger partial charge in [0, 0.05) is 31.4 Å². The van der Waals surface area contributed by atoms with Gasteiger partial charge in [0.1, 0.15) is 0 Å². The summed E-state index contributed by atoms with van der Waals surface area (Å²) >= 11 is 0. The zero-order valence-electron chi connectivity index (χ0n) is 17.9. The van der Waals surface area contributed by atoms with E-state index in [1.807, 2.05) is 78.9 Å². The zero-order valence-corrected chi connectivity index (χ0v) is 17.9. The lowest BCUT2D eigenvalue weighted by Crippen LogP contribution is -2.62. The Morgan fingerprint density at radius 2 is 1.62 bits per heavy atom. The van der Waals surface area contributed by atoms with Gasteiger partial charge in [-0.15, -0.1) is 0 Å². The number of benzene rings is 2. The largest absolute Gasteiger partial charge is 0.361 e. The van der Waals surface area contributed by atoms with Crippen molar-refractivity contribution in [3.8, 4) is 0 Å². The highest BCUT2D eigenvalue weighted by Gasteiger charge is 2.45. The molecule has 0 aliphatic carbocycles. The smallest absolute Gasteiger partial charge is 0.254 e. The molecular formula is C26H27N3O3. The van der Waals surface area contributed by atoms with Gasteiger partial charge in [0.15, 0.2) is 5.60 Å². The van der Waals surface area contributed by atoms with Crippen molar-refractivity contribution in [3.63, 3.8) is 0 Å². The van der Waals surface area contributed by atoms with Crippen molar-refractivity contribution in [1.29, 1.82) is 0 Å². The summed E-state index contributed by atoms with van der Waals surface area (Å²) in [7, 11) is 0. The molecule has 1 saturated heterocycles. The number of hydrogen-bond donors (Lipinski definition) is 1. The van der Waals surface area contributed by atoms with Crippen LogP contribution < -0.4 is 5.32 Å². The third-order valence-corrected chi connectivity index (χ3v) is 5.64. The molecule has 4 rings (SSSR count). The van der Waals surface area contributed by atoms with Crippen molar-refractivity contribution >= 4 is 11.8 Å². The highest BCUT2D eigenvalue weighted by atomic mass is 16.5. The van der Waals surface area contributed by atoms with Gasteiger partial charge in [-0.25, -0.2) is 0 Å². The molecule has 2 amide bonds. The summed E-state index contributed by atoms with van der Waals surface area (Å²) in [6, 6.07) is 25.0. The monoisotopic (exact) mass is 429 g/mol. The lowest BCUT2D eigenvalue weighted by Gasteiger charge is -2.41. The molecule has 1 atom stereocenters. The van der Waals surface area contributed by atoms with E-state index in [4.69, 9.17) is 4.74 Å². The number of hydrogen-bond acceptors (Lipinski definition) is 4. The van der Waals surface area contributed by atoms with Crippen LogP contribution in [0.3, 0.4) is 0 Å². The number of pyridine rings is 1. The first-order valence-electron chi connectivity index (χ1n) is 10.8. The minimum atomic E-state index is -1.19. The second-order valence-corrected chi connectivity index (χ2v) is 7.99. The number of aromatic nitrogens is 1. The lowest BCUT2D eigenvalue weighted by molar-refractivity contribution is -0.166. The standard InChI is InChI=1S/C26H27N3O3/c30-24(17-21-9-3-1-4-10-21)29-15-16-32-26(20-29,18-23-13-7-8-14-27-23)25(31)28-19-22-11-5-2-6-12-22/h1-14H,15-20H2,(H,28,31)/t26-/m1/s1. The SMILES string of the molecule is O=C(Cc1ccccc1)N1CCO[C@@](Cc2ccccn2)(C(=O)NCc2ccccc2)C1. The van der Waals surface area contributed by atoms with Gasteiger partial charge in [-0.1, -0.05) is 66.7 Å². The number of ether oxygens (including phenoxy) is 1. The maximum absolute atomic E-state index is 13.4. The Balaban J connectivity index is 1.52. The number of amides is 2. The molecule has 0 spiro atoms. The lowest BCUT2D eigenvalue weighted by atomic mass is 9.93. The van der Waals surface area contributed by atoms with Crippen LogP contribution in [0.2, 0.25) is 0 Å². The quantitative estimate of drug-likeness (QED) is 0.627. The highest BCUT2D eigenvalue weighted by molar-refractivity contribution is 5.87. The molecule has 0 bridgehead atoms. The number of morpholine rings is 1. The van der Waals surface area contributed by atoms with E-state index in [1.54, 1.807) is 11.1 Å². The zero-order chi connectivity index (χ0) is 22.2. The Morgan fingerprint density at radius 3 is 2.31 bits per heavy atom. The first-order chi connectivity index (χ1) is 15.6. The number of carbonyl (C=O) groups is 2. The fourth-order valence-corrected chi connectivity index (χ4v) is 3.94. The van der Waals surface area contributed by atoms with Gasteiger partial charge in [-0.05, 0) is 23.3 Å². The minimum absolute atomic E-state index is 0.0132. The van der Waals surface area contributed by atoms with Crippen LogP contribution in [0.5, 0.6) is 0 Å². The van der Waals surface area contributed by atoms with Crippen LogP contribution in [0, 0.1) is 0 Å². The average molecular weight is 430 g/mol. The minimum Gasteiger partial charge on any atom is -0.361 e. The molecule has 0 unspecified atom stereocenters. The topological polar surface area (TPSA) is 71.5 Å². The van der Waals surface area contributed by atoms with Gasteiger partial charge in [-0.3, -0.25) is 14.6 Å². The van der Waals surface area contributed by atoms with Gasteiger partial charge in [0.25, 0.3) is 5.91 Å². The van der Waals surface area contributed by atoms with Crippen LogP contribution in [-0.4, -0.2) is 47.0 Å². The molecule has 1 aliphatic heterocycles. The molecule has 6 heteroatoms. The Kier molecular flexibility index (Phi) is 6.92. The highest BCUT2D eigenvalue weighted by Crippen LogP contribution is 2.24. The van der Waals surface area contributed by atoms with E-state index < -0.39 is 5.60 Å². The maximum atomic E-state index is 13.4. The summed E-state index contributed by atoms with van der Waals surface area (Å²) in [5.41, 5.74) is 1.52. The summed E-state index contributed by atoms with van der Waals surface area (Å²) in [5.74, 6) is -0.245. The predicted octanol–water partition coefficient (Wildman–Crippen LogP) is 2.78. The molecule has 1 N–H and O–H groups in total. The van der Waals surface area contributed by atoms with Crippen LogP contribution in [0.1, 0.15) is 16.8 Å². The molecule has 1 aromatic heterocycles. The number of rotatable bonds is 7. The fraction of sp³-hybridized carbons (Fsp3) is 0.269. The van der Waals surface area contributed by atoms with Crippen molar-refractivity contribution in [2.24, 2.45) is 0 Å². The first-order valence-corrected chi connectivity index (χ1v) is 10.8. The fourth-order valence-electron chi connectivity index (χ4n) is 3.94. The third kappa shape index (κ3) is 5.39. The number of nitrogens with zero attached hydrogens (tertiary/aromatic N) is 2. The van der Waals surface area contributed by atoms with E-state index in [0.29, 0.717) is 32.5 Å². The molecule has 2 aromatic carbocycles. The molecule has 1 aliphatic rings. The molecule has 0 radical (unpaired) electrons. The molecule has 1 fully saturated rings. The van der Waals surface area contributed by atoms with Crippen LogP contribution in [0.15, 0.2) is 85.1 Å². The second kappa shape index (κ2) is 10.2. The van der Waals surface area contributed by atoms with Crippen molar-refractivity contribution in [1.82, 2.24) is 15.2 Å².